The monoisotopic (exact) mass is 264 g/mol. The molecule has 2 heterocycles. The molecular formula is C16H12N2O2. The maximum atomic E-state index is 11.4. The fraction of sp³-hybridized carbons (Fsp3) is 0. The molecular weight excluding hydrogens is 252 g/mol. The highest BCUT2D eigenvalue weighted by molar-refractivity contribution is 5.92. The van der Waals surface area contributed by atoms with Crippen molar-refractivity contribution in [3.63, 3.8) is 0 Å². The maximum Gasteiger partial charge on any atom is 0.355 e. The van der Waals surface area contributed by atoms with Gasteiger partial charge >= 0.3 is 5.97 Å². The van der Waals surface area contributed by atoms with Gasteiger partial charge in [0.05, 0.1) is 5.69 Å². The van der Waals surface area contributed by atoms with Gasteiger partial charge in [-0.3, -0.25) is 4.40 Å². The molecule has 0 aliphatic rings. The van der Waals surface area contributed by atoms with E-state index in [-0.39, 0.29) is 5.69 Å². The average Bonchev–Trinajstić information content (AvgIpc) is 2.84. The summed E-state index contributed by atoms with van der Waals surface area (Å²) in [5, 5.41) is 9.36. The Kier molecular flexibility index (Phi) is 3.05. The van der Waals surface area contributed by atoms with E-state index in [9.17, 15) is 9.90 Å². The van der Waals surface area contributed by atoms with Gasteiger partial charge in [0, 0.05) is 6.20 Å². The topological polar surface area (TPSA) is 54.6 Å². The van der Waals surface area contributed by atoms with Crippen LogP contribution in [0.15, 0.2) is 54.7 Å². The van der Waals surface area contributed by atoms with Gasteiger partial charge in [-0.15, -0.1) is 0 Å². The molecule has 0 bridgehead atoms. The molecule has 0 saturated carbocycles. The predicted octanol–water partition coefficient (Wildman–Crippen LogP) is 3.20. The fourth-order valence-corrected chi connectivity index (χ4v) is 2.08. The van der Waals surface area contributed by atoms with Crippen molar-refractivity contribution in [3.8, 4) is 0 Å². The van der Waals surface area contributed by atoms with E-state index in [1.54, 1.807) is 28.8 Å². The van der Waals surface area contributed by atoms with Crippen molar-refractivity contribution in [3.05, 3.63) is 71.7 Å². The van der Waals surface area contributed by atoms with Crippen LogP contribution < -0.4 is 0 Å². The average molecular weight is 264 g/mol. The van der Waals surface area contributed by atoms with Crippen LogP contribution in [-0.4, -0.2) is 20.5 Å². The quantitative estimate of drug-likeness (QED) is 0.790. The summed E-state index contributed by atoms with van der Waals surface area (Å²) in [6.45, 7) is 0. The van der Waals surface area contributed by atoms with Crippen LogP contribution in [0.25, 0.3) is 17.8 Å². The summed E-state index contributed by atoms with van der Waals surface area (Å²) in [7, 11) is 0. The molecule has 98 valence electrons. The number of hydrogen-bond acceptors (Lipinski definition) is 2. The van der Waals surface area contributed by atoms with Crippen LogP contribution in [0.1, 0.15) is 21.7 Å². The number of aromatic nitrogens is 2. The summed E-state index contributed by atoms with van der Waals surface area (Å²) < 4.78 is 1.58. The molecule has 0 spiro atoms. The van der Waals surface area contributed by atoms with Gasteiger partial charge in [-0.1, -0.05) is 42.5 Å². The zero-order valence-electron chi connectivity index (χ0n) is 10.6. The Balaban J connectivity index is 2.09. The summed E-state index contributed by atoms with van der Waals surface area (Å²) in [5.41, 5.74) is 2.25. The first-order valence-electron chi connectivity index (χ1n) is 6.19. The SMILES string of the molecule is O=C(O)c1c(/C=C/c2ccccc2)nc2ccccn12. The van der Waals surface area contributed by atoms with E-state index in [4.69, 9.17) is 0 Å². The van der Waals surface area contributed by atoms with Crippen LogP contribution in [0.2, 0.25) is 0 Å². The van der Waals surface area contributed by atoms with Crippen LogP contribution in [0.3, 0.4) is 0 Å². The minimum atomic E-state index is -0.989. The number of carboxylic acid groups (broad SMARTS) is 1. The minimum absolute atomic E-state index is 0.174. The first-order valence-corrected chi connectivity index (χ1v) is 6.19. The van der Waals surface area contributed by atoms with Crippen molar-refractivity contribution in [2.75, 3.05) is 0 Å². The molecule has 0 saturated heterocycles. The van der Waals surface area contributed by atoms with Crippen LogP contribution in [0, 0.1) is 0 Å². The molecule has 0 aliphatic carbocycles. The summed E-state index contributed by atoms with van der Waals surface area (Å²) in [4.78, 5) is 15.8. The Hall–Kier alpha value is -2.88. The number of imidazole rings is 1. The second kappa shape index (κ2) is 5.01. The number of benzene rings is 1. The molecule has 3 rings (SSSR count). The normalized spacial score (nSPS) is 11.2. The van der Waals surface area contributed by atoms with E-state index in [0.717, 1.165) is 5.56 Å². The molecule has 4 heteroatoms. The lowest BCUT2D eigenvalue weighted by Crippen LogP contribution is -2.03. The molecule has 0 aliphatic heterocycles. The summed E-state index contributed by atoms with van der Waals surface area (Å²) in [6, 6.07) is 15.1. The molecule has 0 atom stereocenters. The van der Waals surface area contributed by atoms with E-state index in [1.807, 2.05) is 42.5 Å². The van der Waals surface area contributed by atoms with Gasteiger partial charge in [0.25, 0.3) is 0 Å². The highest BCUT2D eigenvalue weighted by Gasteiger charge is 2.15. The van der Waals surface area contributed by atoms with Gasteiger partial charge in [0.1, 0.15) is 5.65 Å². The number of hydrogen-bond donors (Lipinski definition) is 1. The van der Waals surface area contributed by atoms with E-state index >= 15 is 0 Å². The summed E-state index contributed by atoms with van der Waals surface area (Å²) >= 11 is 0. The molecule has 20 heavy (non-hydrogen) atoms. The molecule has 0 fully saturated rings. The maximum absolute atomic E-state index is 11.4. The zero-order chi connectivity index (χ0) is 13.9. The van der Waals surface area contributed by atoms with Gasteiger partial charge in [-0.2, -0.15) is 0 Å². The first kappa shape index (κ1) is 12.2. The Morgan fingerprint density at radius 3 is 2.55 bits per heavy atom. The lowest BCUT2D eigenvalue weighted by molar-refractivity contribution is 0.0689. The van der Waals surface area contributed by atoms with Crippen molar-refractivity contribution in [1.29, 1.82) is 0 Å². The van der Waals surface area contributed by atoms with Gasteiger partial charge in [0.15, 0.2) is 5.69 Å². The lowest BCUT2D eigenvalue weighted by atomic mass is 10.2. The number of rotatable bonds is 3. The van der Waals surface area contributed by atoms with E-state index < -0.39 is 5.97 Å². The van der Waals surface area contributed by atoms with Crippen LogP contribution in [0.4, 0.5) is 0 Å². The molecule has 4 nitrogen and oxygen atoms in total. The molecule has 1 N–H and O–H groups in total. The van der Waals surface area contributed by atoms with Crippen LogP contribution in [0.5, 0.6) is 0 Å². The van der Waals surface area contributed by atoms with E-state index in [2.05, 4.69) is 4.98 Å². The summed E-state index contributed by atoms with van der Waals surface area (Å²) in [6.07, 6.45) is 5.28. The molecule has 1 aromatic carbocycles. The lowest BCUT2D eigenvalue weighted by Gasteiger charge is -1.96. The molecule has 0 amide bonds. The largest absolute Gasteiger partial charge is 0.476 e. The van der Waals surface area contributed by atoms with E-state index in [1.165, 1.54) is 0 Å². The number of nitrogens with zero attached hydrogens (tertiary/aromatic N) is 2. The van der Waals surface area contributed by atoms with Gasteiger partial charge < -0.3 is 5.11 Å². The third-order valence-electron chi connectivity index (χ3n) is 2.99. The van der Waals surface area contributed by atoms with E-state index in [0.29, 0.717) is 11.3 Å². The van der Waals surface area contributed by atoms with Crippen molar-refractivity contribution in [2.45, 2.75) is 0 Å². The van der Waals surface area contributed by atoms with Gasteiger partial charge in [0.2, 0.25) is 0 Å². The predicted molar refractivity (Wildman–Crippen MR) is 77.5 cm³/mol. The van der Waals surface area contributed by atoms with Crippen molar-refractivity contribution < 1.29 is 9.90 Å². The fourth-order valence-electron chi connectivity index (χ4n) is 2.08. The second-order valence-electron chi connectivity index (χ2n) is 4.32. The Morgan fingerprint density at radius 1 is 1.05 bits per heavy atom. The van der Waals surface area contributed by atoms with Crippen molar-refractivity contribution in [1.82, 2.24) is 9.38 Å². The number of fused-ring (bicyclic) bond motifs is 1. The number of pyridine rings is 1. The number of carbonyl (C=O) groups is 1. The Labute approximate surface area is 115 Å². The highest BCUT2D eigenvalue weighted by Crippen LogP contribution is 2.15. The first-order chi connectivity index (χ1) is 9.75. The third-order valence-corrected chi connectivity index (χ3v) is 2.99. The molecule has 0 radical (unpaired) electrons. The molecule has 0 unspecified atom stereocenters. The summed E-state index contributed by atoms with van der Waals surface area (Å²) in [5.74, 6) is -0.989. The van der Waals surface area contributed by atoms with Crippen molar-refractivity contribution >= 4 is 23.8 Å². The standard InChI is InChI=1S/C16H12N2O2/c19-16(20)15-13(10-9-12-6-2-1-3-7-12)17-14-8-4-5-11-18(14)15/h1-11H,(H,19,20)/b10-9+. The molecule has 3 aromatic rings. The number of carboxylic acids is 1. The van der Waals surface area contributed by atoms with Crippen molar-refractivity contribution in [2.24, 2.45) is 0 Å². The van der Waals surface area contributed by atoms with Gasteiger partial charge in [-0.25, -0.2) is 9.78 Å². The van der Waals surface area contributed by atoms with Crippen LogP contribution in [-0.2, 0) is 0 Å². The minimum Gasteiger partial charge on any atom is -0.476 e. The third kappa shape index (κ3) is 2.19. The Bertz CT molecular complexity index is 789. The number of aromatic carboxylic acids is 1. The zero-order valence-corrected chi connectivity index (χ0v) is 10.6. The van der Waals surface area contributed by atoms with Gasteiger partial charge in [-0.05, 0) is 23.8 Å². The molecule has 2 aromatic heterocycles. The highest BCUT2D eigenvalue weighted by atomic mass is 16.4. The smallest absolute Gasteiger partial charge is 0.355 e. The second-order valence-corrected chi connectivity index (χ2v) is 4.32. The Morgan fingerprint density at radius 2 is 1.80 bits per heavy atom. The van der Waals surface area contributed by atoms with Crippen LogP contribution >= 0.6 is 0 Å².